The molecule has 0 aliphatic carbocycles. The molecule has 0 saturated carbocycles. The van der Waals surface area contributed by atoms with E-state index >= 15 is 0 Å². The number of nitrogens with zero attached hydrogens (tertiary/aromatic N) is 6. The summed E-state index contributed by atoms with van der Waals surface area (Å²) in [5.41, 5.74) is 7.18. The first-order valence-corrected chi connectivity index (χ1v) is 10.1. The largest absolute Gasteiger partial charge is 0.493 e. The van der Waals surface area contributed by atoms with E-state index in [2.05, 4.69) is 31.9 Å². The lowest BCUT2D eigenvalue weighted by Gasteiger charge is -2.26. The van der Waals surface area contributed by atoms with E-state index in [4.69, 9.17) is 4.74 Å². The minimum absolute atomic E-state index is 0.262. The average Bonchev–Trinajstić information content (AvgIpc) is 3.57. The number of fused-ring (bicyclic) bond motifs is 3. The molecule has 0 spiro atoms. The van der Waals surface area contributed by atoms with E-state index in [-0.39, 0.29) is 12.4 Å². The van der Waals surface area contributed by atoms with Crippen LogP contribution in [0.2, 0.25) is 0 Å². The lowest BCUT2D eigenvalue weighted by atomic mass is 10.0. The van der Waals surface area contributed by atoms with Crippen molar-refractivity contribution < 1.29 is 9.13 Å². The molecular weight excluding hydrogens is 411 g/mol. The molecule has 0 saturated heterocycles. The number of hydrazone groups is 1. The first-order valence-electron chi connectivity index (χ1n) is 10.1. The molecular formula is C22H17FN8O. The van der Waals surface area contributed by atoms with E-state index in [1.807, 2.05) is 17.0 Å². The van der Waals surface area contributed by atoms with Crippen LogP contribution >= 0.6 is 0 Å². The summed E-state index contributed by atoms with van der Waals surface area (Å²) in [4.78, 5) is 10.9. The Morgan fingerprint density at radius 3 is 3.16 bits per heavy atom. The van der Waals surface area contributed by atoms with E-state index < -0.39 is 0 Å². The van der Waals surface area contributed by atoms with Crippen molar-refractivity contribution in [2.24, 2.45) is 10.1 Å². The van der Waals surface area contributed by atoms with Gasteiger partial charge in [-0.05, 0) is 24.3 Å². The van der Waals surface area contributed by atoms with Crippen LogP contribution in [0, 0.1) is 17.1 Å². The molecule has 3 aliphatic rings. The number of aromatic nitrogens is 2. The SMILES string of the molecule is N#Cc1cnc2c(C3=CN=C(NCc4c(F)ccc5c4CCO5)N4CNN=C34)cccn12. The number of aliphatic imine (C=N–C) groups is 1. The van der Waals surface area contributed by atoms with Gasteiger partial charge >= 0.3 is 0 Å². The Balaban J connectivity index is 1.34. The summed E-state index contributed by atoms with van der Waals surface area (Å²) in [6.45, 7) is 1.28. The molecule has 3 aromatic rings. The second-order valence-electron chi connectivity index (χ2n) is 7.50. The van der Waals surface area contributed by atoms with Crippen LogP contribution in [0.1, 0.15) is 22.4 Å². The number of amidine groups is 1. The molecule has 2 aromatic heterocycles. The molecule has 5 heterocycles. The van der Waals surface area contributed by atoms with Gasteiger partial charge in [-0.2, -0.15) is 10.4 Å². The molecule has 0 bridgehead atoms. The topological polar surface area (TPSA) is 102 Å². The zero-order chi connectivity index (χ0) is 21.7. The van der Waals surface area contributed by atoms with Crippen LogP contribution in [0.3, 0.4) is 0 Å². The van der Waals surface area contributed by atoms with E-state index in [0.717, 1.165) is 22.4 Å². The fourth-order valence-electron chi connectivity index (χ4n) is 4.26. The maximum Gasteiger partial charge on any atom is 0.206 e. The second kappa shape index (κ2) is 7.09. The van der Waals surface area contributed by atoms with Gasteiger partial charge in [0.1, 0.15) is 35.6 Å². The van der Waals surface area contributed by atoms with Gasteiger partial charge in [0, 0.05) is 47.6 Å². The van der Waals surface area contributed by atoms with Crippen molar-refractivity contribution in [1.82, 2.24) is 25.0 Å². The third-order valence-electron chi connectivity index (χ3n) is 5.79. The second-order valence-corrected chi connectivity index (χ2v) is 7.50. The van der Waals surface area contributed by atoms with Crippen molar-refractivity contribution in [1.29, 1.82) is 5.26 Å². The van der Waals surface area contributed by atoms with Gasteiger partial charge in [0.2, 0.25) is 5.96 Å². The molecule has 0 fully saturated rings. The summed E-state index contributed by atoms with van der Waals surface area (Å²) < 4.78 is 21.8. The quantitative estimate of drug-likeness (QED) is 0.661. The van der Waals surface area contributed by atoms with Crippen LogP contribution in [0.15, 0.2) is 53.0 Å². The Hall–Kier alpha value is -4.39. The standard InChI is InChI=1S/C22H17FN8O/c23-18-3-4-19-14(5-7-32-19)16(18)10-26-22-27-11-17(21-29-28-12-31(21)22)15-2-1-6-30-13(8-24)9-25-20(15)30/h1-4,6,9,11,28H,5,7,10,12H2,(H,26,27). The number of hydrogen-bond acceptors (Lipinski definition) is 8. The fourth-order valence-corrected chi connectivity index (χ4v) is 4.26. The Bertz CT molecular complexity index is 1400. The predicted octanol–water partition coefficient (Wildman–Crippen LogP) is 1.96. The molecule has 0 radical (unpaired) electrons. The van der Waals surface area contributed by atoms with Crippen LogP contribution < -0.4 is 15.5 Å². The molecule has 158 valence electrons. The van der Waals surface area contributed by atoms with Crippen LogP contribution in [-0.4, -0.2) is 39.4 Å². The van der Waals surface area contributed by atoms with Crippen molar-refractivity contribution in [3.8, 4) is 11.8 Å². The predicted molar refractivity (Wildman–Crippen MR) is 115 cm³/mol. The highest BCUT2D eigenvalue weighted by atomic mass is 19.1. The van der Waals surface area contributed by atoms with Gasteiger partial charge in [0.25, 0.3) is 0 Å². The minimum atomic E-state index is -0.262. The van der Waals surface area contributed by atoms with Gasteiger partial charge in [-0.3, -0.25) is 14.7 Å². The fraction of sp³-hybridized carbons (Fsp3) is 0.182. The summed E-state index contributed by atoms with van der Waals surface area (Å²) in [7, 11) is 0. The van der Waals surface area contributed by atoms with Crippen LogP contribution in [0.4, 0.5) is 4.39 Å². The van der Waals surface area contributed by atoms with Gasteiger partial charge < -0.3 is 10.1 Å². The Kier molecular flexibility index (Phi) is 4.07. The monoisotopic (exact) mass is 428 g/mol. The minimum Gasteiger partial charge on any atom is -0.493 e. The molecule has 32 heavy (non-hydrogen) atoms. The van der Waals surface area contributed by atoms with Crippen LogP contribution in [0.5, 0.6) is 5.75 Å². The van der Waals surface area contributed by atoms with Gasteiger partial charge in [-0.1, -0.05) is 0 Å². The zero-order valence-electron chi connectivity index (χ0n) is 16.8. The van der Waals surface area contributed by atoms with Crippen LogP contribution in [0.25, 0.3) is 11.2 Å². The number of rotatable bonds is 3. The highest BCUT2D eigenvalue weighted by molar-refractivity contribution is 6.29. The summed E-state index contributed by atoms with van der Waals surface area (Å²) >= 11 is 0. The van der Waals surface area contributed by atoms with Gasteiger partial charge in [-0.25, -0.2) is 14.4 Å². The first kappa shape index (κ1) is 18.4. The molecule has 0 atom stereocenters. The number of ether oxygens (including phenoxy) is 1. The summed E-state index contributed by atoms with van der Waals surface area (Å²) in [6, 6.07) is 9.03. The number of imidazole rings is 1. The Morgan fingerprint density at radius 2 is 2.25 bits per heavy atom. The summed E-state index contributed by atoms with van der Waals surface area (Å²) in [5.74, 6) is 1.73. The van der Waals surface area contributed by atoms with Crippen molar-refractivity contribution in [2.45, 2.75) is 13.0 Å². The van der Waals surface area contributed by atoms with E-state index in [1.54, 1.807) is 29.1 Å². The normalized spacial score (nSPS) is 16.4. The molecule has 0 amide bonds. The van der Waals surface area contributed by atoms with Gasteiger partial charge in [0.05, 0.1) is 12.8 Å². The summed E-state index contributed by atoms with van der Waals surface area (Å²) in [5, 5.41) is 17.0. The van der Waals surface area contributed by atoms with Crippen molar-refractivity contribution in [3.05, 3.63) is 71.1 Å². The Labute approximate surface area is 182 Å². The van der Waals surface area contributed by atoms with Gasteiger partial charge in [0.15, 0.2) is 5.84 Å². The highest BCUT2D eigenvalue weighted by Crippen LogP contribution is 2.31. The van der Waals surface area contributed by atoms with Gasteiger partial charge in [-0.15, -0.1) is 0 Å². The van der Waals surface area contributed by atoms with E-state index in [1.165, 1.54) is 6.07 Å². The number of nitriles is 1. The molecule has 1 aromatic carbocycles. The number of halogens is 1. The average molecular weight is 428 g/mol. The van der Waals surface area contributed by atoms with Crippen LogP contribution in [-0.2, 0) is 13.0 Å². The molecule has 9 nitrogen and oxygen atoms in total. The number of nitrogens with one attached hydrogen (secondary N) is 2. The molecule has 2 N–H and O–H groups in total. The lowest BCUT2D eigenvalue weighted by Crippen LogP contribution is -2.45. The zero-order valence-corrected chi connectivity index (χ0v) is 16.8. The third-order valence-corrected chi connectivity index (χ3v) is 5.79. The third kappa shape index (κ3) is 2.71. The highest BCUT2D eigenvalue weighted by Gasteiger charge is 2.31. The number of hydrogen-bond donors (Lipinski definition) is 2. The molecule has 6 rings (SSSR count). The Morgan fingerprint density at radius 1 is 1.31 bits per heavy atom. The maximum absolute atomic E-state index is 14.5. The first-order chi connectivity index (χ1) is 15.7. The van der Waals surface area contributed by atoms with Crippen molar-refractivity contribution >= 4 is 23.0 Å². The van der Waals surface area contributed by atoms with Crippen molar-refractivity contribution in [2.75, 3.05) is 13.3 Å². The lowest BCUT2D eigenvalue weighted by molar-refractivity contribution is 0.356. The maximum atomic E-state index is 14.5. The summed E-state index contributed by atoms with van der Waals surface area (Å²) in [6.07, 6.45) is 5.75. The molecule has 10 heteroatoms. The number of benzene rings is 1. The smallest absolute Gasteiger partial charge is 0.206 e. The van der Waals surface area contributed by atoms with E-state index in [9.17, 15) is 9.65 Å². The van der Waals surface area contributed by atoms with Crippen molar-refractivity contribution in [3.63, 3.8) is 0 Å². The molecule has 3 aliphatic heterocycles. The number of guanidine groups is 1. The van der Waals surface area contributed by atoms with E-state index in [0.29, 0.717) is 48.4 Å². The molecule has 0 unspecified atom stereocenters. The number of pyridine rings is 1.